The molecule has 0 radical (unpaired) electrons. The molecule has 1 aliphatic heterocycles. The van der Waals surface area contributed by atoms with Crippen molar-refractivity contribution in [2.45, 2.75) is 77.4 Å². The zero-order valence-electron chi connectivity index (χ0n) is 24.8. The van der Waals surface area contributed by atoms with E-state index in [0.29, 0.717) is 36.2 Å². The Hall–Kier alpha value is -3.57. The van der Waals surface area contributed by atoms with Gasteiger partial charge in [-0.3, -0.25) is 4.79 Å². The van der Waals surface area contributed by atoms with E-state index in [-0.39, 0.29) is 24.6 Å². The van der Waals surface area contributed by atoms with Gasteiger partial charge in [-0.05, 0) is 88.1 Å². The van der Waals surface area contributed by atoms with Crippen LogP contribution in [0.1, 0.15) is 80.3 Å². The minimum Gasteiger partial charge on any atom is -0.444 e. The van der Waals surface area contributed by atoms with Crippen molar-refractivity contribution in [1.82, 2.24) is 9.80 Å². The molecule has 2 atom stereocenters. The van der Waals surface area contributed by atoms with E-state index < -0.39 is 58.9 Å². The summed E-state index contributed by atoms with van der Waals surface area (Å²) in [5.74, 6) is -1.59. The fourth-order valence-electron chi connectivity index (χ4n) is 4.94. The Morgan fingerprint density at radius 2 is 1.56 bits per heavy atom. The van der Waals surface area contributed by atoms with Gasteiger partial charge in [-0.25, -0.2) is 9.18 Å². The van der Waals surface area contributed by atoms with Gasteiger partial charge >= 0.3 is 18.4 Å². The van der Waals surface area contributed by atoms with Crippen molar-refractivity contribution in [3.05, 3.63) is 81.7 Å². The predicted molar refractivity (Wildman–Crippen MR) is 147 cm³/mol. The minimum absolute atomic E-state index is 0.0432. The zero-order valence-corrected chi connectivity index (χ0v) is 24.8. The van der Waals surface area contributed by atoms with Gasteiger partial charge < -0.3 is 14.5 Å². The average molecular weight is 617 g/mol. The molecule has 0 aliphatic carbocycles. The van der Waals surface area contributed by atoms with Crippen LogP contribution in [0, 0.1) is 12.7 Å². The SMILES string of the molecule is Cc1cc(F)ccc1C(CC(=O)N(C)[C@H](C)c1cc(C(F)(F)F)cc(C(F)(F)F)c1)C1=CCN(C(=O)OC(C)(C)C)CC1. The first-order valence-electron chi connectivity index (χ1n) is 13.7. The van der Waals surface area contributed by atoms with E-state index in [1.54, 1.807) is 39.8 Å². The number of nitrogens with zero attached hydrogens (tertiary/aromatic N) is 2. The Morgan fingerprint density at radius 1 is 0.977 bits per heavy atom. The molecule has 0 fully saturated rings. The number of hydrogen-bond acceptors (Lipinski definition) is 3. The van der Waals surface area contributed by atoms with E-state index in [2.05, 4.69) is 0 Å². The first kappa shape index (κ1) is 33.9. The number of benzene rings is 2. The highest BCUT2D eigenvalue weighted by atomic mass is 19.4. The van der Waals surface area contributed by atoms with Crippen molar-refractivity contribution in [2.75, 3.05) is 20.1 Å². The molecule has 1 aliphatic rings. The van der Waals surface area contributed by atoms with Crippen molar-refractivity contribution in [1.29, 1.82) is 0 Å². The number of ether oxygens (including phenoxy) is 1. The zero-order chi connectivity index (χ0) is 32.5. The molecule has 0 N–H and O–H groups in total. The molecule has 1 heterocycles. The monoisotopic (exact) mass is 616 g/mol. The summed E-state index contributed by atoms with van der Waals surface area (Å²) in [6.07, 6.45) is -8.57. The number of amides is 2. The fraction of sp³-hybridized carbons (Fsp3) is 0.484. The summed E-state index contributed by atoms with van der Waals surface area (Å²) in [5.41, 5.74) is -1.94. The average Bonchev–Trinajstić information content (AvgIpc) is 2.89. The quantitative estimate of drug-likeness (QED) is 0.242. The molecule has 2 amide bonds. The lowest BCUT2D eigenvalue weighted by Crippen LogP contribution is -2.40. The molecule has 0 spiro atoms. The number of hydrogen-bond donors (Lipinski definition) is 0. The van der Waals surface area contributed by atoms with E-state index in [1.165, 1.54) is 31.0 Å². The molecule has 2 aromatic carbocycles. The van der Waals surface area contributed by atoms with E-state index in [4.69, 9.17) is 4.74 Å². The van der Waals surface area contributed by atoms with Crippen LogP contribution < -0.4 is 0 Å². The summed E-state index contributed by atoms with van der Waals surface area (Å²) in [6, 6.07) is 4.26. The van der Waals surface area contributed by atoms with Crippen LogP contribution in [0.4, 0.5) is 35.5 Å². The molecule has 0 saturated heterocycles. The van der Waals surface area contributed by atoms with E-state index >= 15 is 0 Å². The van der Waals surface area contributed by atoms with Crippen molar-refractivity contribution < 1.29 is 45.1 Å². The summed E-state index contributed by atoms with van der Waals surface area (Å²) < 4.78 is 100.0. The molecule has 2 aromatic rings. The number of aryl methyl sites for hydroxylation is 1. The van der Waals surface area contributed by atoms with E-state index in [1.807, 2.05) is 0 Å². The van der Waals surface area contributed by atoms with Crippen molar-refractivity contribution in [3.63, 3.8) is 0 Å². The summed E-state index contributed by atoms with van der Waals surface area (Å²) in [5, 5.41) is 0. The summed E-state index contributed by atoms with van der Waals surface area (Å²) in [7, 11) is 1.31. The normalized spacial score (nSPS) is 15.9. The van der Waals surface area contributed by atoms with Crippen molar-refractivity contribution in [3.8, 4) is 0 Å². The molecule has 3 rings (SSSR count). The van der Waals surface area contributed by atoms with Gasteiger partial charge in [-0.1, -0.05) is 17.7 Å². The van der Waals surface area contributed by atoms with Crippen molar-refractivity contribution in [2.24, 2.45) is 0 Å². The minimum atomic E-state index is -5.02. The molecule has 0 bridgehead atoms. The van der Waals surface area contributed by atoms with Crippen LogP contribution in [0.25, 0.3) is 0 Å². The standard InChI is InChI=1S/C31H35F7N2O3/c1-18-13-24(32)7-8-25(18)26(20-9-11-40(12-10-20)28(42)43-29(3,4)5)17-27(41)39(6)19(2)21-14-22(30(33,34)35)16-23(15-21)31(36,37)38/h7-9,13-16,19,26H,10-12,17H2,1-6H3/t19-,26?/m1/s1. The van der Waals surface area contributed by atoms with Crippen LogP contribution in [-0.4, -0.2) is 47.5 Å². The summed E-state index contributed by atoms with van der Waals surface area (Å²) in [4.78, 5) is 28.7. The van der Waals surface area contributed by atoms with Gasteiger partial charge in [0.05, 0.1) is 17.2 Å². The highest BCUT2D eigenvalue weighted by Gasteiger charge is 2.38. The molecule has 0 aromatic heterocycles. The van der Waals surface area contributed by atoms with E-state index in [9.17, 15) is 40.3 Å². The van der Waals surface area contributed by atoms with E-state index in [0.717, 1.165) is 10.5 Å². The van der Waals surface area contributed by atoms with Crippen LogP contribution in [0.3, 0.4) is 0 Å². The Labute approximate surface area is 246 Å². The van der Waals surface area contributed by atoms with Gasteiger partial charge in [0.15, 0.2) is 0 Å². The number of carbonyl (C=O) groups excluding carboxylic acids is 2. The molecular weight excluding hydrogens is 581 g/mol. The number of alkyl halides is 6. The highest BCUT2D eigenvalue weighted by molar-refractivity contribution is 5.78. The highest BCUT2D eigenvalue weighted by Crippen LogP contribution is 2.39. The molecule has 1 unspecified atom stereocenters. The maximum absolute atomic E-state index is 13.9. The maximum atomic E-state index is 13.9. The van der Waals surface area contributed by atoms with Gasteiger partial charge in [-0.15, -0.1) is 0 Å². The van der Waals surface area contributed by atoms with Crippen LogP contribution >= 0.6 is 0 Å². The second-order valence-electron chi connectivity index (χ2n) is 11.7. The molecule has 43 heavy (non-hydrogen) atoms. The lowest BCUT2D eigenvalue weighted by Gasteiger charge is -2.33. The third-order valence-electron chi connectivity index (χ3n) is 7.40. The van der Waals surface area contributed by atoms with Crippen LogP contribution in [0.2, 0.25) is 0 Å². The second kappa shape index (κ2) is 12.6. The topological polar surface area (TPSA) is 49.9 Å². The molecule has 236 valence electrons. The Morgan fingerprint density at radius 3 is 2.02 bits per heavy atom. The lowest BCUT2D eigenvalue weighted by atomic mass is 9.82. The van der Waals surface area contributed by atoms with Gasteiger partial charge in [-0.2, -0.15) is 26.3 Å². The third-order valence-corrected chi connectivity index (χ3v) is 7.40. The fourth-order valence-corrected chi connectivity index (χ4v) is 4.94. The van der Waals surface area contributed by atoms with Crippen LogP contribution in [-0.2, 0) is 21.9 Å². The number of carbonyl (C=O) groups is 2. The second-order valence-corrected chi connectivity index (χ2v) is 11.7. The number of rotatable bonds is 6. The Bertz CT molecular complexity index is 1340. The first-order chi connectivity index (χ1) is 19.7. The molecule has 12 heteroatoms. The Balaban J connectivity index is 1.92. The molecule has 5 nitrogen and oxygen atoms in total. The van der Waals surface area contributed by atoms with Gasteiger partial charge in [0.2, 0.25) is 5.91 Å². The van der Waals surface area contributed by atoms with Crippen molar-refractivity contribution >= 4 is 12.0 Å². The summed E-state index contributed by atoms with van der Waals surface area (Å²) >= 11 is 0. The molecular formula is C31H35F7N2O3. The van der Waals surface area contributed by atoms with Gasteiger partial charge in [0.25, 0.3) is 0 Å². The van der Waals surface area contributed by atoms with Crippen LogP contribution in [0.15, 0.2) is 48.0 Å². The largest absolute Gasteiger partial charge is 0.444 e. The smallest absolute Gasteiger partial charge is 0.416 e. The summed E-state index contributed by atoms with van der Waals surface area (Å²) in [6.45, 7) is 8.76. The first-order valence-corrected chi connectivity index (χ1v) is 13.7. The lowest BCUT2D eigenvalue weighted by molar-refractivity contribution is -0.143. The third kappa shape index (κ3) is 8.73. The Kier molecular flexibility index (Phi) is 9.92. The maximum Gasteiger partial charge on any atom is 0.416 e. The number of halogens is 7. The van der Waals surface area contributed by atoms with Gasteiger partial charge in [0, 0.05) is 32.5 Å². The molecule has 0 saturated carbocycles. The van der Waals surface area contributed by atoms with Crippen LogP contribution in [0.5, 0.6) is 0 Å². The van der Waals surface area contributed by atoms with Gasteiger partial charge in [0.1, 0.15) is 11.4 Å². The predicted octanol–water partition coefficient (Wildman–Crippen LogP) is 8.43.